The van der Waals surface area contributed by atoms with Gasteiger partial charge in [0.2, 0.25) is 5.76 Å². The summed E-state index contributed by atoms with van der Waals surface area (Å²) >= 11 is 0. The number of hydrogen-bond donors (Lipinski definition) is 1. The molecule has 1 N–H and O–H groups in total. The van der Waals surface area contributed by atoms with E-state index >= 15 is 0 Å². The summed E-state index contributed by atoms with van der Waals surface area (Å²) in [6, 6.07) is 5.57. The quantitative estimate of drug-likeness (QED) is 0.575. The molecule has 0 fully saturated rings. The van der Waals surface area contributed by atoms with Crippen LogP contribution in [0.15, 0.2) is 22.7 Å². The zero-order valence-corrected chi connectivity index (χ0v) is 15.5. The molecule has 0 atom stereocenters. The lowest BCUT2D eigenvalue weighted by Crippen LogP contribution is -2.30. The summed E-state index contributed by atoms with van der Waals surface area (Å²) in [6.45, 7) is 8.35. The average Bonchev–Trinajstić information content (AvgIpc) is 3.03. The van der Waals surface area contributed by atoms with Crippen LogP contribution >= 0.6 is 0 Å². The molecule has 0 saturated heterocycles. The summed E-state index contributed by atoms with van der Waals surface area (Å²) in [5.74, 6) is -0.246. The number of rotatable bonds is 8. The minimum atomic E-state index is -0.714. The molecule has 140 valence electrons. The fraction of sp³-hybridized carbons (Fsp3) is 0.421. The first-order valence-electron chi connectivity index (χ1n) is 8.44. The molecular formula is C19H24N2O5. The predicted molar refractivity (Wildman–Crippen MR) is 95.3 cm³/mol. The van der Waals surface area contributed by atoms with E-state index in [4.69, 9.17) is 14.0 Å². The van der Waals surface area contributed by atoms with Crippen LogP contribution in [0.3, 0.4) is 0 Å². The largest absolute Gasteiger partial charge is 0.493 e. The Bertz CT molecular complexity index is 782. The third-order valence-corrected chi connectivity index (χ3v) is 3.83. The summed E-state index contributed by atoms with van der Waals surface area (Å²) in [5.41, 5.74) is 4.03. The zero-order chi connectivity index (χ0) is 19.1. The molecule has 7 heteroatoms. The van der Waals surface area contributed by atoms with Crippen molar-refractivity contribution in [3.63, 3.8) is 0 Å². The maximum atomic E-state index is 11.7. The molecule has 1 aromatic heterocycles. The molecule has 1 aromatic carbocycles. The van der Waals surface area contributed by atoms with E-state index in [0.29, 0.717) is 25.3 Å². The lowest BCUT2D eigenvalue weighted by atomic mass is 10.1. The topological polar surface area (TPSA) is 90.7 Å². The van der Waals surface area contributed by atoms with Crippen molar-refractivity contribution in [1.82, 2.24) is 10.5 Å². The first kappa shape index (κ1) is 19.5. The number of amides is 1. The first-order chi connectivity index (χ1) is 12.4. The standard InChI is InChI=1S/C19H24N2O5/c1-12-8-13(2)15(4)16(9-12)24-7-5-6-20-18(22)11-25-19(23)17-10-14(3)21-26-17/h8-10H,5-7,11H2,1-4H3,(H,20,22). The van der Waals surface area contributed by atoms with Crippen LogP contribution in [-0.4, -0.2) is 36.8 Å². The van der Waals surface area contributed by atoms with Gasteiger partial charge in [0.05, 0.1) is 12.3 Å². The van der Waals surface area contributed by atoms with Gasteiger partial charge in [-0.15, -0.1) is 0 Å². The highest BCUT2D eigenvalue weighted by molar-refractivity contribution is 5.88. The minimum absolute atomic E-state index is 0.0208. The van der Waals surface area contributed by atoms with Crippen molar-refractivity contribution in [2.75, 3.05) is 19.8 Å². The molecule has 2 rings (SSSR count). The van der Waals surface area contributed by atoms with Crippen molar-refractivity contribution in [1.29, 1.82) is 0 Å². The van der Waals surface area contributed by atoms with E-state index in [9.17, 15) is 9.59 Å². The Hall–Kier alpha value is -2.83. The number of hydrogen-bond acceptors (Lipinski definition) is 6. The number of ether oxygens (including phenoxy) is 2. The maximum absolute atomic E-state index is 11.7. The number of carbonyl (C=O) groups excluding carboxylic acids is 2. The molecule has 1 heterocycles. The number of carbonyl (C=O) groups is 2. The minimum Gasteiger partial charge on any atom is -0.493 e. The lowest BCUT2D eigenvalue weighted by molar-refractivity contribution is -0.124. The van der Waals surface area contributed by atoms with Crippen molar-refractivity contribution in [2.24, 2.45) is 0 Å². The monoisotopic (exact) mass is 360 g/mol. The van der Waals surface area contributed by atoms with E-state index in [1.807, 2.05) is 19.9 Å². The van der Waals surface area contributed by atoms with E-state index in [0.717, 1.165) is 16.9 Å². The van der Waals surface area contributed by atoms with Crippen LogP contribution in [0, 0.1) is 27.7 Å². The van der Waals surface area contributed by atoms with Crippen LogP contribution in [0.2, 0.25) is 0 Å². The van der Waals surface area contributed by atoms with Gasteiger partial charge in [0.25, 0.3) is 5.91 Å². The van der Waals surface area contributed by atoms with Gasteiger partial charge in [-0.2, -0.15) is 0 Å². The van der Waals surface area contributed by atoms with E-state index in [2.05, 4.69) is 23.5 Å². The van der Waals surface area contributed by atoms with Gasteiger partial charge in [-0.25, -0.2) is 4.79 Å². The van der Waals surface area contributed by atoms with E-state index < -0.39 is 5.97 Å². The molecule has 1 amide bonds. The summed E-state index contributed by atoms with van der Waals surface area (Å²) in [6.07, 6.45) is 0.646. The molecule has 0 bridgehead atoms. The van der Waals surface area contributed by atoms with Gasteiger partial charge < -0.3 is 19.3 Å². The Balaban J connectivity index is 1.64. The van der Waals surface area contributed by atoms with Crippen molar-refractivity contribution in [2.45, 2.75) is 34.1 Å². The second-order valence-corrected chi connectivity index (χ2v) is 6.17. The summed E-state index contributed by atoms with van der Waals surface area (Å²) in [4.78, 5) is 23.3. The Morgan fingerprint density at radius 2 is 1.92 bits per heavy atom. The fourth-order valence-electron chi connectivity index (χ4n) is 2.35. The van der Waals surface area contributed by atoms with Crippen LogP contribution in [0.1, 0.15) is 39.4 Å². The third-order valence-electron chi connectivity index (χ3n) is 3.83. The normalized spacial score (nSPS) is 10.5. The van der Waals surface area contributed by atoms with Crippen LogP contribution in [0.25, 0.3) is 0 Å². The summed E-state index contributed by atoms with van der Waals surface area (Å²) < 4.78 is 15.4. The highest BCUT2D eigenvalue weighted by Crippen LogP contribution is 2.23. The Morgan fingerprint density at radius 1 is 1.15 bits per heavy atom. The molecular weight excluding hydrogens is 336 g/mol. The van der Waals surface area contributed by atoms with Crippen LogP contribution in [-0.2, 0) is 9.53 Å². The third kappa shape index (κ3) is 5.61. The van der Waals surface area contributed by atoms with Crippen LogP contribution in [0.5, 0.6) is 5.75 Å². The second kappa shape index (κ2) is 9.03. The van der Waals surface area contributed by atoms with Gasteiger partial charge in [0, 0.05) is 12.6 Å². The molecule has 26 heavy (non-hydrogen) atoms. The number of nitrogens with zero attached hydrogens (tertiary/aromatic N) is 1. The van der Waals surface area contributed by atoms with Crippen molar-refractivity contribution in [3.8, 4) is 5.75 Å². The zero-order valence-electron chi connectivity index (χ0n) is 15.5. The van der Waals surface area contributed by atoms with Crippen molar-refractivity contribution in [3.05, 3.63) is 46.3 Å². The van der Waals surface area contributed by atoms with Gasteiger partial charge in [-0.3, -0.25) is 4.79 Å². The van der Waals surface area contributed by atoms with E-state index in [-0.39, 0.29) is 18.3 Å². The van der Waals surface area contributed by atoms with Gasteiger partial charge in [0.1, 0.15) is 5.75 Å². The number of aromatic nitrogens is 1. The van der Waals surface area contributed by atoms with Crippen LogP contribution < -0.4 is 10.1 Å². The Kier molecular flexibility index (Phi) is 6.77. The number of nitrogens with one attached hydrogen (secondary N) is 1. The molecule has 0 aliphatic rings. The van der Waals surface area contributed by atoms with Gasteiger partial charge in [0.15, 0.2) is 6.61 Å². The molecule has 0 saturated carbocycles. The smallest absolute Gasteiger partial charge is 0.377 e. The highest BCUT2D eigenvalue weighted by atomic mass is 16.6. The van der Waals surface area contributed by atoms with E-state index in [1.54, 1.807) is 6.92 Å². The molecule has 7 nitrogen and oxygen atoms in total. The first-order valence-corrected chi connectivity index (χ1v) is 8.44. The summed E-state index contributed by atoms with van der Waals surface area (Å²) in [7, 11) is 0. The molecule has 0 unspecified atom stereocenters. The second-order valence-electron chi connectivity index (χ2n) is 6.17. The van der Waals surface area contributed by atoms with E-state index in [1.165, 1.54) is 11.6 Å². The Labute approximate surface area is 152 Å². The van der Waals surface area contributed by atoms with Gasteiger partial charge in [-0.05, 0) is 56.9 Å². The molecule has 2 aromatic rings. The number of aryl methyl sites for hydroxylation is 3. The predicted octanol–water partition coefficient (Wildman–Crippen LogP) is 2.65. The molecule has 0 radical (unpaired) electrons. The average molecular weight is 360 g/mol. The lowest BCUT2D eigenvalue weighted by Gasteiger charge is -2.12. The summed E-state index contributed by atoms with van der Waals surface area (Å²) in [5, 5.41) is 6.26. The molecule has 0 aliphatic carbocycles. The van der Waals surface area contributed by atoms with Gasteiger partial charge in [-0.1, -0.05) is 11.2 Å². The highest BCUT2D eigenvalue weighted by Gasteiger charge is 2.14. The van der Waals surface area contributed by atoms with Gasteiger partial charge >= 0.3 is 5.97 Å². The van der Waals surface area contributed by atoms with Crippen molar-refractivity contribution < 1.29 is 23.6 Å². The van der Waals surface area contributed by atoms with Crippen molar-refractivity contribution >= 4 is 11.9 Å². The van der Waals surface area contributed by atoms with Crippen LogP contribution in [0.4, 0.5) is 0 Å². The SMILES string of the molecule is Cc1cc(C)c(C)c(OCCCNC(=O)COC(=O)c2cc(C)no2)c1. The number of benzene rings is 1. The molecule has 0 spiro atoms. The Morgan fingerprint density at radius 3 is 2.62 bits per heavy atom. The fourth-order valence-corrected chi connectivity index (χ4v) is 2.35. The number of esters is 1. The maximum Gasteiger partial charge on any atom is 0.377 e. The molecule has 0 aliphatic heterocycles.